The van der Waals surface area contributed by atoms with E-state index in [0.29, 0.717) is 5.92 Å². The molecular formula is C16H20ClF3. The van der Waals surface area contributed by atoms with Crippen molar-refractivity contribution < 1.29 is 13.2 Å². The third-order valence-corrected chi connectivity index (χ3v) is 4.53. The van der Waals surface area contributed by atoms with Gasteiger partial charge in [0.05, 0.1) is 5.38 Å². The number of hydrogen-bond donors (Lipinski definition) is 0. The molecule has 1 aliphatic carbocycles. The van der Waals surface area contributed by atoms with Gasteiger partial charge in [0.25, 0.3) is 0 Å². The van der Waals surface area contributed by atoms with Crippen molar-refractivity contribution in [2.75, 3.05) is 0 Å². The molecular weight excluding hydrogens is 285 g/mol. The topological polar surface area (TPSA) is 0 Å². The number of hydrogen-bond acceptors (Lipinski definition) is 0. The van der Waals surface area contributed by atoms with Crippen molar-refractivity contribution in [3.63, 3.8) is 0 Å². The normalized spacial score (nSPS) is 19.0. The molecule has 112 valence electrons. The Labute approximate surface area is 123 Å². The zero-order valence-corrected chi connectivity index (χ0v) is 12.2. The maximum atomic E-state index is 12.2. The van der Waals surface area contributed by atoms with Crippen molar-refractivity contribution >= 4 is 11.6 Å². The summed E-state index contributed by atoms with van der Waals surface area (Å²) >= 11 is 6.05. The van der Waals surface area contributed by atoms with Crippen LogP contribution >= 0.6 is 11.6 Å². The smallest absolute Gasteiger partial charge is 0.171 e. The molecule has 4 heteroatoms. The summed E-state index contributed by atoms with van der Waals surface area (Å²) in [6.45, 7) is 0. The predicted octanol–water partition coefficient (Wildman–Crippen LogP) is 6.36. The fraction of sp³-hybridized carbons (Fsp3) is 0.625. The van der Waals surface area contributed by atoms with Gasteiger partial charge >= 0.3 is 6.18 Å². The van der Waals surface area contributed by atoms with Gasteiger partial charge in [0.15, 0.2) is 0 Å². The van der Waals surface area contributed by atoms with E-state index in [2.05, 4.69) is 0 Å². The molecule has 20 heavy (non-hydrogen) atoms. The average Bonchev–Trinajstić information content (AvgIpc) is 2.45. The summed E-state index contributed by atoms with van der Waals surface area (Å²) < 4.78 is 36.5. The number of benzene rings is 1. The molecule has 0 bridgehead atoms. The van der Waals surface area contributed by atoms with Crippen LogP contribution < -0.4 is 0 Å². The van der Waals surface area contributed by atoms with Crippen molar-refractivity contribution in [1.29, 1.82) is 0 Å². The Kier molecular flexibility index (Phi) is 5.36. The molecule has 0 spiro atoms. The van der Waals surface area contributed by atoms with E-state index < -0.39 is 18.0 Å². The van der Waals surface area contributed by atoms with Crippen LogP contribution in [0.25, 0.3) is 0 Å². The quantitative estimate of drug-likeness (QED) is 0.568. The Hall–Kier alpha value is -0.700. The minimum absolute atomic E-state index is 0.0617. The summed E-state index contributed by atoms with van der Waals surface area (Å²) in [6, 6.07) is 7.85. The lowest BCUT2D eigenvalue weighted by Gasteiger charge is -2.22. The minimum Gasteiger partial charge on any atom is -0.171 e. The van der Waals surface area contributed by atoms with Crippen LogP contribution in [0.1, 0.15) is 67.4 Å². The highest BCUT2D eigenvalue weighted by atomic mass is 35.5. The Morgan fingerprint density at radius 2 is 1.65 bits per heavy atom. The van der Waals surface area contributed by atoms with Gasteiger partial charge in [-0.3, -0.25) is 0 Å². The van der Waals surface area contributed by atoms with Gasteiger partial charge in [-0.2, -0.15) is 13.2 Å². The monoisotopic (exact) mass is 304 g/mol. The molecule has 1 atom stereocenters. The molecule has 1 aliphatic rings. The standard InChI is InChI=1S/C16H20ClF3/c17-15(10-11-16(18,19)20)14-8-6-13(7-9-14)12-4-2-1-3-5-12/h6-9,12,15H,1-5,10-11H2. The lowest BCUT2D eigenvalue weighted by atomic mass is 9.84. The molecule has 0 nitrogen and oxygen atoms in total. The van der Waals surface area contributed by atoms with Crippen LogP contribution in [0.3, 0.4) is 0 Å². The Morgan fingerprint density at radius 1 is 1.05 bits per heavy atom. The lowest BCUT2D eigenvalue weighted by molar-refractivity contribution is -0.135. The fourth-order valence-electron chi connectivity index (χ4n) is 2.87. The summed E-state index contributed by atoms with van der Waals surface area (Å²) in [7, 11) is 0. The van der Waals surface area contributed by atoms with E-state index in [-0.39, 0.29) is 6.42 Å². The second-order valence-corrected chi connectivity index (χ2v) is 6.15. The van der Waals surface area contributed by atoms with Crippen LogP contribution in [0.15, 0.2) is 24.3 Å². The molecule has 2 rings (SSSR count). The van der Waals surface area contributed by atoms with Crippen LogP contribution in [0.5, 0.6) is 0 Å². The Morgan fingerprint density at radius 3 is 2.20 bits per heavy atom. The summed E-state index contributed by atoms with van der Waals surface area (Å²) in [6.07, 6.45) is 1.28. The van der Waals surface area contributed by atoms with Crippen LogP contribution in [0, 0.1) is 0 Å². The summed E-state index contributed by atoms with van der Waals surface area (Å²) in [4.78, 5) is 0. The van der Waals surface area contributed by atoms with Gasteiger partial charge < -0.3 is 0 Å². The van der Waals surface area contributed by atoms with Gasteiger partial charge in [-0.25, -0.2) is 0 Å². The maximum absolute atomic E-state index is 12.2. The van der Waals surface area contributed by atoms with Crippen molar-refractivity contribution in [2.45, 2.75) is 62.4 Å². The average molecular weight is 305 g/mol. The summed E-state index contributed by atoms with van der Waals surface area (Å²) in [5.74, 6) is 0.613. The first-order chi connectivity index (χ1) is 9.46. The van der Waals surface area contributed by atoms with Gasteiger partial charge in [0.1, 0.15) is 0 Å². The first kappa shape index (κ1) is 15.7. The van der Waals surface area contributed by atoms with Gasteiger partial charge in [-0.1, -0.05) is 43.5 Å². The Balaban J connectivity index is 1.93. The van der Waals surface area contributed by atoms with E-state index in [1.165, 1.54) is 37.7 Å². The first-order valence-corrected chi connectivity index (χ1v) is 7.70. The van der Waals surface area contributed by atoms with Crippen molar-refractivity contribution in [3.8, 4) is 0 Å². The molecule has 1 aromatic carbocycles. The van der Waals surface area contributed by atoms with Crippen LogP contribution in [-0.2, 0) is 0 Å². The second-order valence-electron chi connectivity index (χ2n) is 5.62. The van der Waals surface area contributed by atoms with Crippen LogP contribution in [0.4, 0.5) is 13.2 Å². The maximum Gasteiger partial charge on any atom is 0.389 e. The molecule has 0 N–H and O–H groups in total. The van der Waals surface area contributed by atoms with Gasteiger partial charge in [0.2, 0.25) is 0 Å². The molecule has 0 heterocycles. The second kappa shape index (κ2) is 6.84. The molecule has 1 aromatic rings. The molecule has 0 aromatic heterocycles. The number of alkyl halides is 4. The van der Waals surface area contributed by atoms with Gasteiger partial charge in [0, 0.05) is 6.42 Å². The number of halogens is 4. The largest absolute Gasteiger partial charge is 0.389 e. The van der Waals surface area contributed by atoms with E-state index in [4.69, 9.17) is 11.6 Å². The van der Waals surface area contributed by atoms with Crippen molar-refractivity contribution in [2.24, 2.45) is 0 Å². The van der Waals surface area contributed by atoms with E-state index in [0.717, 1.165) is 5.56 Å². The van der Waals surface area contributed by atoms with Crippen LogP contribution in [-0.4, -0.2) is 6.18 Å². The third kappa shape index (κ3) is 4.69. The molecule has 0 aliphatic heterocycles. The van der Waals surface area contributed by atoms with E-state index in [9.17, 15) is 13.2 Å². The first-order valence-electron chi connectivity index (χ1n) is 7.26. The van der Waals surface area contributed by atoms with E-state index in [1.54, 1.807) is 0 Å². The van der Waals surface area contributed by atoms with E-state index >= 15 is 0 Å². The SMILES string of the molecule is FC(F)(F)CCC(Cl)c1ccc(C2CCCCC2)cc1. The molecule has 1 unspecified atom stereocenters. The van der Waals surface area contributed by atoms with Crippen molar-refractivity contribution in [3.05, 3.63) is 35.4 Å². The molecule has 1 saturated carbocycles. The highest BCUT2D eigenvalue weighted by Gasteiger charge is 2.28. The summed E-state index contributed by atoms with van der Waals surface area (Å²) in [5.41, 5.74) is 2.09. The zero-order chi connectivity index (χ0) is 14.6. The predicted molar refractivity (Wildman–Crippen MR) is 76.2 cm³/mol. The van der Waals surface area contributed by atoms with E-state index in [1.807, 2.05) is 24.3 Å². The zero-order valence-electron chi connectivity index (χ0n) is 11.4. The molecule has 0 amide bonds. The lowest BCUT2D eigenvalue weighted by Crippen LogP contribution is -2.08. The third-order valence-electron chi connectivity index (χ3n) is 4.06. The van der Waals surface area contributed by atoms with Crippen molar-refractivity contribution in [1.82, 2.24) is 0 Å². The molecule has 0 radical (unpaired) electrons. The highest BCUT2D eigenvalue weighted by molar-refractivity contribution is 6.20. The number of rotatable bonds is 4. The molecule has 0 saturated heterocycles. The fourth-order valence-corrected chi connectivity index (χ4v) is 3.12. The van der Waals surface area contributed by atoms with Gasteiger partial charge in [-0.05, 0) is 36.3 Å². The highest BCUT2D eigenvalue weighted by Crippen LogP contribution is 2.35. The molecule has 1 fully saturated rings. The minimum atomic E-state index is -4.13. The summed E-state index contributed by atoms with van der Waals surface area (Å²) in [5, 5.41) is -0.558. The van der Waals surface area contributed by atoms with Gasteiger partial charge in [-0.15, -0.1) is 11.6 Å². The van der Waals surface area contributed by atoms with Crippen LogP contribution in [0.2, 0.25) is 0 Å². The Bertz CT molecular complexity index is 405.